The van der Waals surface area contributed by atoms with Gasteiger partial charge in [0.15, 0.2) is 4.80 Å². The standard InChI is InChI=1S/C32H27N3O4S/c1-4-39-31(37)27-28(20-11-6-5-7-12-20)33-32-35(29(27)21-13-10-14-23(17-21)38-3)30(36)26(40-32)18-22-19-34(2)25-16-9-8-15-24(22)25/h5-19,29H,4H2,1-3H3/b26-18-/t29-/m0/s1. The number of hydrogen-bond acceptors (Lipinski definition) is 6. The predicted octanol–water partition coefficient (Wildman–Crippen LogP) is 4.44. The van der Waals surface area contributed by atoms with E-state index >= 15 is 0 Å². The fourth-order valence-corrected chi connectivity index (χ4v) is 6.19. The number of esters is 1. The van der Waals surface area contributed by atoms with Crippen molar-refractivity contribution in [2.45, 2.75) is 13.0 Å². The van der Waals surface area contributed by atoms with Gasteiger partial charge in [0.2, 0.25) is 0 Å². The van der Waals surface area contributed by atoms with Crippen LogP contribution in [0.1, 0.15) is 29.7 Å². The number of hydrogen-bond donors (Lipinski definition) is 0. The first-order valence-electron chi connectivity index (χ1n) is 13.0. The summed E-state index contributed by atoms with van der Waals surface area (Å²) < 4.78 is 15.2. The van der Waals surface area contributed by atoms with E-state index in [4.69, 9.17) is 14.5 Å². The van der Waals surface area contributed by atoms with Crippen LogP contribution in [0, 0.1) is 0 Å². The van der Waals surface area contributed by atoms with Crippen LogP contribution in [-0.4, -0.2) is 28.8 Å². The topological polar surface area (TPSA) is 74.8 Å². The summed E-state index contributed by atoms with van der Waals surface area (Å²) in [6, 6.07) is 24.3. The van der Waals surface area contributed by atoms with E-state index < -0.39 is 12.0 Å². The highest BCUT2D eigenvalue weighted by molar-refractivity contribution is 7.07. The van der Waals surface area contributed by atoms with Crippen molar-refractivity contribution in [1.82, 2.24) is 9.13 Å². The third kappa shape index (κ3) is 4.36. The van der Waals surface area contributed by atoms with Gasteiger partial charge in [-0.05, 0) is 36.8 Å². The lowest BCUT2D eigenvalue weighted by atomic mass is 9.93. The van der Waals surface area contributed by atoms with Gasteiger partial charge in [-0.2, -0.15) is 0 Å². The van der Waals surface area contributed by atoms with Crippen molar-refractivity contribution in [2.75, 3.05) is 13.7 Å². The lowest BCUT2D eigenvalue weighted by Crippen LogP contribution is -2.40. The van der Waals surface area contributed by atoms with Crippen LogP contribution in [0.4, 0.5) is 0 Å². The molecule has 2 aromatic heterocycles. The van der Waals surface area contributed by atoms with Gasteiger partial charge in [0.05, 0.1) is 35.6 Å². The van der Waals surface area contributed by atoms with Crippen molar-refractivity contribution < 1.29 is 14.3 Å². The molecule has 0 bridgehead atoms. The van der Waals surface area contributed by atoms with E-state index in [0.717, 1.165) is 27.6 Å². The normalized spacial score (nSPS) is 15.2. The van der Waals surface area contributed by atoms with E-state index in [0.29, 0.717) is 26.4 Å². The minimum Gasteiger partial charge on any atom is -0.497 e. The average molecular weight is 550 g/mol. The highest BCUT2D eigenvalue weighted by Crippen LogP contribution is 2.36. The molecule has 40 heavy (non-hydrogen) atoms. The van der Waals surface area contributed by atoms with Crippen molar-refractivity contribution in [2.24, 2.45) is 12.0 Å². The van der Waals surface area contributed by atoms with Crippen LogP contribution in [0.3, 0.4) is 0 Å². The highest BCUT2D eigenvalue weighted by atomic mass is 32.1. The van der Waals surface area contributed by atoms with Gasteiger partial charge in [-0.25, -0.2) is 9.79 Å². The third-order valence-corrected chi connectivity index (χ3v) is 7.98. The smallest absolute Gasteiger partial charge is 0.338 e. The summed E-state index contributed by atoms with van der Waals surface area (Å²) in [6.45, 7) is 1.96. The Bertz CT molecular complexity index is 1960. The van der Waals surface area contributed by atoms with Crippen molar-refractivity contribution in [3.8, 4) is 5.75 Å². The lowest BCUT2D eigenvalue weighted by molar-refractivity contribution is -0.138. The van der Waals surface area contributed by atoms with Gasteiger partial charge in [-0.1, -0.05) is 72.0 Å². The van der Waals surface area contributed by atoms with Crippen molar-refractivity contribution in [1.29, 1.82) is 0 Å². The Morgan fingerprint density at radius 2 is 1.82 bits per heavy atom. The molecule has 0 aliphatic carbocycles. The second-order valence-corrected chi connectivity index (χ2v) is 10.4. The Morgan fingerprint density at radius 1 is 1.05 bits per heavy atom. The second-order valence-electron chi connectivity index (χ2n) is 9.42. The number of fused-ring (bicyclic) bond motifs is 2. The number of nitrogens with zero attached hydrogens (tertiary/aromatic N) is 3. The van der Waals surface area contributed by atoms with Crippen LogP contribution < -0.4 is 19.6 Å². The number of thiazole rings is 1. The zero-order valence-corrected chi connectivity index (χ0v) is 23.1. The molecule has 0 amide bonds. The Labute approximate surface area is 234 Å². The number of carbonyl (C=O) groups excluding carboxylic acids is 1. The number of carbonyl (C=O) groups is 1. The van der Waals surface area contributed by atoms with Gasteiger partial charge < -0.3 is 14.0 Å². The first-order valence-corrected chi connectivity index (χ1v) is 13.8. The van der Waals surface area contributed by atoms with Gasteiger partial charge in [-0.3, -0.25) is 9.36 Å². The maximum absolute atomic E-state index is 14.1. The number of methoxy groups -OCH3 is 1. The Kier molecular flexibility index (Phi) is 6.69. The number of para-hydroxylation sites is 1. The van der Waals surface area contributed by atoms with Crippen molar-refractivity contribution in [3.05, 3.63) is 127 Å². The summed E-state index contributed by atoms with van der Waals surface area (Å²) in [7, 11) is 3.58. The molecule has 3 heterocycles. The zero-order chi connectivity index (χ0) is 27.8. The Morgan fingerprint density at radius 3 is 2.60 bits per heavy atom. The van der Waals surface area contributed by atoms with E-state index in [1.165, 1.54) is 11.3 Å². The maximum atomic E-state index is 14.1. The monoisotopic (exact) mass is 549 g/mol. The molecule has 0 N–H and O–H groups in total. The fourth-order valence-electron chi connectivity index (χ4n) is 5.20. The van der Waals surface area contributed by atoms with Crippen molar-refractivity contribution in [3.63, 3.8) is 0 Å². The average Bonchev–Trinajstić information content (AvgIpc) is 3.48. The molecule has 5 aromatic rings. The van der Waals surface area contributed by atoms with Gasteiger partial charge in [-0.15, -0.1) is 0 Å². The van der Waals surface area contributed by atoms with Crippen LogP contribution in [0.25, 0.3) is 22.7 Å². The highest BCUT2D eigenvalue weighted by Gasteiger charge is 2.35. The number of rotatable bonds is 6. The van der Waals surface area contributed by atoms with Crippen LogP contribution in [-0.2, 0) is 16.6 Å². The molecule has 8 heteroatoms. The predicted molar refractivity (Wildman–Crippen MR) is 157 cm³/mol. The van der Waals surface area contributed by atoms with Crippen LogP contribution in [0.2, 0.25) is 0 Å². The van der Waals surface area contributed by atoms with Crippen molar-refractivity contribution >= 4 is 40.0 Å². The van der Waals surface area contributed by atoms with Gasteiger partial charge in [0.25, 0.3) is 5.56 Å². The second kappa shape index (κ2) is 10.5. The number of benzene rings is 3. The minimum atomic E-state index is -0.754. The summed E-state index contributed by atoms with van der Waals surface area (Å²) in [5.74, 6) is 0.109. The summed E-state index contributed by atoms with van der Waals surface area (Å²) in [4.78, 5) is 33.2. The molecule has 0 spiro atoms. The molecule has 0 saturated heterocycles. The molecule has 0 radical (unpaired) electrons. The summed E-state index contributed by atoms with van der Waals surface area (Å²) in [5.41, 5.74) is 4.09. The lowest BCUT2D eigenvalue weighted by Gasteiger charge is -2.26. The minimum absolute atomic E-state index is 0.195. The van der Waals surface area contributed by atoms with Gasteiger partial charge in [0.1, 0.15) is 5.75 Å². The van der Waals surface area contributed by atoms with Crippen LogP contribution in [0.5, 0.6) is 5.75 Å². The first kappa shape index (κ1) is 25.6. The molecule has 1 aliphatic rings. The zero-order valence-electron chi connectivity index (χ0n) is 22.3. The molecule has 6 rings (SSSR count). The van der Waals surface area contributed by atoms with Crippen LogP contribution in [0.15, 0.2) is 100 Å². The number of aryl methyl sites for hydroxylation is 1. The van der Waals surface area contributed by atoms with Gasteiger partial charge >= 0.3 is 5.97 Å². The summed E-state index contributed by atoms with van der Waals surface area (Å²) in [6.07, 6.45) is 3.92. The maximum Gasteiger partial charge on any atom is 0.338 e. The molecular weight excluding hydrogens is 522 g/mol. The van der Waals surface area contributed by atoms with Gasteiger partial charge in [0, 0.05) is 35.3 Å². The van der Waals surface area contributed by atoms with Crippen LogP contribution >= 0.6 is 11.3 Å². The molecule has 3 aromatic carbocycles. The summed E-state index contributed by atoms with van der Waals surface area (Å²) in [5, 5.41) is 1.05. The third-order valence-electron chi connectivity index (χ3n) is 7.00. The molecule has 0 saturated carbocycles. The van der Waals surface area contributed by atoms with E-state index in [2.05, 4.69) is 6.07 Å². The number of ether oxygens (including phenoxy) is 2. The molecule has 0 fully saturated rings. The Balaban J connectivity index is 1.66. The molecule has 1 aliphatic heterocycles. The van der Waals surface area contributed by atoms with E-state index in [1.807, 2.05) is 96.7 Å². The molecular formula is C32H27N3O4S. The van der Waals surface area contributed by atoms with E-state index in [9.17, 15) is 9.59 Å². The molecule has 7 nitrogen and oxygen atoms in total. The summed E-state index contributed by atoms with van der Waals surface area (Å²) >= 11 is 1.31. The SMILES string of the molecule is CCOC(=O)C1=C(c2ccccc2)N=c2s/c(=C\c3cn(C)c4ccccc34)c(=O)n2[C@H]1c1cccc(OC)c1. The Hall–Kier alpha value is -4.69. The quantitative estimate of drug-likeness (QED) is 0.294. The largest absolute Gasteiger partial charge is 0.497 e. The van der Waals surface area contributed by atoms with E-state index in [-0.39, 0.29) is 12.2 Å². The van der Waals surface area contributed by atoms with E-state index in [1.54, 1.807) is 18.6 Å². The first-order chi connectivity index (χ1) is 19.5. The molecule has 0 unspecified atom stereocenters. The molecule has 200 valence electrons. The molecule has 1 atom stereocenters. The fraction of sp³-hybridized carbons (Fsp3) is 0.156. The number of aromatic nitrogens is 2.